The average Bonchev–Trinajstić information content (AvgIpc) is 2.84. The minimum Gasteiger partial charge on any atom is -0.422 e. The first kappa shape index (κ1) is 21.7. The second-order valence-electron chi connectivity index (χ2n) is 8.77. The molecule has 2 aliphatic heterocycles. The number of benzene rings is 2. The Morgan fingerprint density at radius 3 is 2.76 bits per heavy atom. The van der Waals surface area contributed by atoms with Gasteiger partial charge in [0.25, 0.3) is 5.91 Å². The van der Waals surface area contributed by atoms with Crippen LogP contribution in [0.25, 0.3) is 11.0 Å². The lowest BCUT2D eigenvalue weighted by atomic mass is 9.95. The highest BCUT2D eigenvalue weighted by Gasteiger charge is 2.26. The van der Waals surface area contributed by atoms with Gasteiger partial charge >= 0.3 is 5.63 Å². The summed E-state index contributed by atoms with van der Waals surface area (Å²) in [7, 11) is 2.13. The van der Waals surface area contributed by atoms with Crippen LogP contribution in [0.2, 0.25) is 0 Å². The zero-order chi connectivity index (χ0) is 22.8. The van der Waals surface area contributed by atoms with Crippen molar-refractivity contribution in [2.24, 2.45) is 0 Å². The molecule has 7 nitrogen and oxygen atoms in total. The van der Waals surface area contributed by atoms with Crippen LogP contribution in [0.15, 0.2) is 57.7 Å². The van der Waals surface area contributed by atoms with Crippen LogP contribution in [-0.4, -0.2) is 57.2 Å². The van der Waals surface area contributed by atoms with Crippen molar-refractivity contribution in [1.29, 1.82) is 0 Å². The van der Waals surface area contributed by atoms with Crippen molar-refractivity contribution >= 4 is 22.6 Å². The Morgan fingerprint density at radius 2 is 1.91 bits per heavy atom. The van der Waals surface area contributed by atoms with Crippen molar-refractivity contribution < 1.29 is 13.9 Å². The smallest absolute Gasteiger partial charge is 0.349 e. The number of hydrogen-bond acceptors (Lipinski definition) is 6. The van der Waals surface area contributed by atoms with Crippen LogP contribution in [0.4, 0.5) is 5.69 Å². The van der Waals surface area contributed by atoms with Gasteiger partial charge in [0.15, 0.2) is 0 Å². The summed E-state index contributed by atoms with van der Waals surface area (Å²) in [4.78, 5) is 30.1. The number of hydrogen-bond donors (Lipinski definition) is 1. The van der Waals surface area contributed by atoms with Gasteiger partial charge in [-0.15, -0.1) is 0 Å². The fourth-order valence-electron chi connectivity index (χ4n) is 4.86. The van der Waals surface area contributed by atoms with E-state index in [0.717, 1.165) is 37.9 Å². The summed E-state index contributed by atoms with van der Waals surface area (Å²) in [5.41, 5.74) is 3.69. The van der Waals surface area contributed by atoms with Gasteiger partial charge in [-0.25, -0.2) is 4.79 Å². The summed E-state index contributed by atoms with van der Waals surface area (Å²) in [6.45, 7) is 4.42. The molecule has 1 amide bonds. The first-order valence-electron chi connectivity index (χ1n) is 11.6. The molecule has 0 unspecified atom stereocenters. The quantitative estimate of drug-likeness (QED) is 0.606. The lowest BCUT2D eigenvalue weighted by Crippen LogP contribution is -2.44. The maximum atomic E-state index is 13.0. The summed E-state index contributed by atoms with van der Waals surface area (Å²) in [6.07, 6.45) is 2.21. The Balaban J connectivity index is 1.40. The van der Waals surface area contributed by atoms with Crippen LogP contribution in [-0.2, 0) is 11.2 Å². The van der Waals surface area contributed by atoms with E-state index in [4.69, 9.17) is 9.15 Å². The molecule has 2 aliphatic rings. The minimum absolute atomic E-state index is 0.00267. The molecule has 0 saturated carbocycles. The molecular formula is C26H29N3O4. The Labute approximate surface area is 192 Å². The highest BCUT2D eigenvalue weighted by Crippen LogP contribution is 2.31. The van der Waals surface area contributed by atoms with Gasteiger partial charge in [-0.05, 0) is 42.2 Å². The van der Waals surface area contributed by atoms with E-state index in [1.807, 2.05) is 12.1 Å². The molecule has 0 radical (unpaired) electrons. The van der Waals surface area contributed by atoms with Crippen molar-refractivity contribution in [2.75, 3.05) is 51.3 Å². The highest BCUT2D eigenvalue weighted by molar-refractivity contribution is 5.96. The molecule has 5 rings (SSSR count). The van der Waals surface area contributed by atoms with Gasteiger partial charge in [0, 0.05) is 44.3 Å². The normalized spacial score (nSPS) is 17.5. The molecule has 1 N–H and O–H groups in total. The van der Waals surface area contributed by atoms with E-state index in [0.29, 0.717) is 25.3 Å². The molecule has 0 aliphatic carbocycles. The average molecular weight is 448 g/mol. The Hall–Kier alpha value is -3.16. The first-order valence-corrected chi connectivity index (χ1v) is 11.6. The van der Waals surface area contributed by atoms with E-state index >= 15 is 0 Å². The van der Waals surface area contributed by atoms with Crippen molar-refractivity contribution in [3.05, 3.63) is 75.6 Å². The maximum Gasteiger partial charge on any atom is 0.349 e. The molecule has 3 heterocycles. The number of anilines is 1. The fraction of sp³-hybridized carbons (Fsp3) is 0.385. The van der Waals surface area contributed by atoms with Gasteiger partial charge in [-0.3, -0.25) is 9.69 Å². The molecule has 1 fully saturated rings. The third-order valence-corrected chi connectivity index (χ3v) is 6.67. The van der Waals surface area contributed by atoms with E-state index in [2.05, 4.69) is 40.4 Å². The van der Waals surface area contributed by atoms with Crippen molar-refractivity contribution in [3.8, 4) is 0 Å². The zero-order valence-corrected chi connectivity index (χ0v) is 18.9. The van der Waals surface area contributed by atoms with Crippen molar-refractivity contribution in [2.45, 2.75) is 18.9 Å². The Bertz CT molecular complexity index is 1220. The monoisotopic (exact) mass is 447 g/mol. The predicted octanol–water partition coefficient (Wildman–Crippen LogP) is 2.98. The van der Waals surface area contributed by atoms with Crippen LogP contribution >= 0.6 is 0 Å². The Kier molecular flexibility index (Phi) is 6.15. The molecule has 2 aromatic carbocycles. The molecule has 1 saturated heterocycles. The van der Waals surface area contributed by atoms with Gasteiger partial charge < -0.3 is 19.4 Å². The number of aryl methyl sites for hydroxylation is 1. The standard InChI is InChI=1S/C26H29N3O4/c1-28-10-4-6-18-15-19(8-9-22(18)28)23(29-11-13-32-14-12-29)17-27-25(30)21-16-20-5-2-3-7-24(20)33-26(21)31/h2-3,5,7-9,15-16,23H,4,6,10-14,17H2,1H3,(H,27,30)/t23-/m0/s1. The second-order valence-corrected chi connectivity index (χ2v) is 8.77. The number of fused-ring (bicyclic) bond motifs is 2. The molecule has 0 spiro atoms. The molecule has 33 heavy (non-hydrogen) atoms. The van der Waals surface area contributed by atoms with Crippen LogP contribution in [0.3, 0.4) is 0 Å². The largest absolute Gasteiger partial charge is 0.422 e. The van der Waals surface area contributed by atoms with E-state index in [1.54, 1.807) is 18.2 Å². The third-order valence-electron chi connectivity index (χ3n) is 6.67. The summed E-state index contributed by atoms with van der Waals surface area (Å²) in [5.74, 6) is -0.412. The van der Waals surface area contributed by atoms with E-state index in [1.165, 1.54) is 16.8 Å². The number of nitrogens with one attached hydrogen (secondary N) is 1. The number of ether oxygens (including phenoxy) is 1. The molecule has 1 atom stereocenters. The molecule has 1 aromatic heterocycles. The topological polar surface area (TPSA) is 75.0 Å². The number of carbonyl (C=O) groups excluding carboxylic acids is 1. The van der Waals surface area contributed by atoms with Crippen molar-refractivity contribution in [1.82, 2.24) is 10.2 Å². The Morgan fingerprint density at radius 1 is 1.09 bits per heavy atom. The van der Waals surface area contributed by atoms with Crippen LogP contribution in [0.1, 0.15) is 33.9 Å². The van der Waals surface area contributed by atoms with E-state index in [-0.39, 0.29) is 11.6 Å². The summed E-state index contributed by atoms with van der Waals surface area (Å²) < 4.78 is 10.9. The van der Waals surface area contributed by atoms with Gasteiger partial charge in [0.2, 0.25) is 0 Å². The number of morpholine rings is 1. The van der Waals surface area contributed by atoms with Gasteiger partial charge in [-0.1, -0.05) is 30.3 Å². The van der Waals surface area contributed by atoms with Crippen LogP contribution < -0.4 is 15.8 Å². The van der Waals surface area contributed by atoms with Gasteiger partial charge in [0.1, 0.15) is 11.1 Å². The molecule has 0 bridgehead atoms. The number of para-hydroxylation sites is 1. The van der Waals surface area contributed by atoms with Gasteiger partial charge in [-0.2, -0.15) is 0 Å². The van der Waals surface area contributed by atoms with E-state index < -0.39 is 11.5 Å². The zero-order valence-electron chi connectivity index (χ0n) is 18.9. The number of rotatable bonds is 5. The molecule has 7 heteroatoms. The van der Waals surface area contributed by atoms with Crippen LogP contribution in [0, 0.1) is 0 Å². The number of carbonyl (C=O) groups is 1. The lowest BCUT2D eigenvalue weighted by Gasteiger charge is -2.36. The molecular weight excluding hydrogens is 418 g/mol. The second kappa shape index (κ2) is 9.37. The summed E-state index contributed by atoms with van der Waals surface area (Å²) in [5, 5.41) is 3.72. The number of amides is 1. The third kappa shape index (κ3) is 4.51. The molecule has 172 valence electrons. The maximum absolute atomic E-state index is 13.0. The van der Waals surface area contributed by atoms with Crippen molar-refractivity contribution in [3.63, 3.8) is 0 Å². The first-order chi connectivity index (χ1) is 16.1. The summed E-state index contributed by atoms with van der Waals surface area (Å²) >= 11 is 0. The molecule has 3 aromatic rings. The van der Waals surface area contributed by atoms with Gasteiger partial charge in [0.05, 0.1) is 19.3 Å². The minimum atomic E-state index is -0.619. The fourth-order valence-corrected chi connectivity index (χ4v) is 4.86. The lowest BCUT2D eigenvalue weighted by molar-refractivity contribution is 0.0162. The predicted molar refractivity (Wildman–Crippen MR) is 128 cm³/mol. The SMILES string of the molecule is CN1CCCc2cc([C@H](CNC(=O)c3cc4ccccc4oc3=O)N3CCOCC3)ccc21. The van der Waals surface area contributed by atoms with E-state index in [9.17, 15) is 9.59 Å². The summed E-state index contributed by atoms with van der Waals surface area (Å²) in [6, 6.07) is 15.4. The van der Waals surface area contributed by atoms with Crippen LogP contribution in [0.5, 0.6) is 0 Å². The highest BCUT2D eigenvalue weighted by atomic mass is 16.5. The number of nitrogens with zero attached hydrogens (tertiary/aromatic N) is 2.